The van der Waals surface area contributed by atoms with Gasteiger partial charge in [-0.2, -0.15) is 0 Å². The van der Waals surface area contributed by atoms with E-state index in [2.05, 4.69) is 20.7 Å². The van der Waals surface area contributed by atoms with Gasteiger partial charge in [-0.15, -0.1) is 0 Å². The Bertz CT molecular complexity index is 731. The summed E-state index contributed by atoms with van der Waals surface area (Å²) >= 11 is 0. The Kier molecular flexibility index (Phi) is 3.77. The Morgan fingerprint density at radius 1 is 1.32 bits per heavy atom. The SMILES string of the molecule is NNC1CN=C(c2ccccn2)c2cccc([N+](=O)[O-])c2N1. The molecule has 1 unspecified atom stereocenters. The third-order valence-corrected chi connectivity index (χ3v) is 3.35. The number of para-hydroxylation sites is 1. The fraction of sp³-hybridized carbons (Fsp3) is 0.143. The molecule has 8 heteroatoms. The predicted octanol–water partition coefficient (Wildman–Crippen LogP) is 1.04. The maximum Gasteiger partial charge on any atom is 0.293 e. The minimum Gasteiger partial charge on any atom is -0.361 e. The molecule has 0 radical (unpaired) electrons. The van der Waals surface area contributed by atoms with Crippen LogP contribution in [0.3, 0.4) is 0 Å². The zero-order valence-electron chi connectivity index (χ0n) is 11.6. The molecular formula is C14H14N6O2. The van der Waals surface area contributed by atoms with Gasteiger partial charge in [-0.3, -0.25) is 25.9 Å². The molecule has 1 aromatic heterocycles. The van der Waals surface area contributed by atoms with E-state index in [1.165, 1.54) is 6.07 Å². The van der Waals surface area contributed by atoms with Crippen LogP contribution in [0.2, 0.25) is 0 Å². The summed E-state index contributed by atoms with van der Waals surface area (Å²) in [5.74, 6) is 5.47. The number of hydrogen-bond acceptors (Lipinski definition) is 7. The van der Waals surface area contributed by atoms with Gasteiger partial charge in [0.1, 0.15) is 11.9 Å². The van der Waals surface area contributed by atoms with Crippen LogP contribution >= 0.6 is 0 Å². The molecule has 0 fully saturated rings. The van der Waals surface area contributed by atoms with E-state index in [4.69, 9.17) is 5.84 Å². The van der Waals surface area contributed by atoms with Gasteiger partial charge in [0.15, 0.2) is 0 Å². The average molecular weight is 298 g/mol. The van der Waals surface area contributed by atoms with Crippen LogP contribution in [0.4, 0.5) is 11.4 Å². The Balaban J connectivity index is 2.20. The van der Waals surface area contributed by atoms with Crippen molar-refractivity contribution in [2.75, 3.05) is 11.9 Å². The lowest BCUT2D eigenvalue weighted by atomic mass is 10.0. The number of nitrogens with two attached hydrogens (primary N) is 1. The first-order valence-electron chi connectivity index (χ1n) is 6.67. The van der Waals surface area contributed by atoms with Gasteiger partial charge in [0.2, 0.25) is 0 Å². The first-order valence-corrected chi connectivity index (χ1v) is 6.67. The Hall–Kier alpha value is -2.84. The van der Waals surface area contributed by atoms with Gasteiger partial charge in [0, 0.05) is 17.8 Å². The third kappa shape index (κ3) is 2.52. The van der Waals surface area contributed by atoms with E-state index in [1.54, 1.807) is 24.4 Å². The molecule has 0 saturated heterocycles. The largest absolute Gasteiger partial charge is 0.361 e. The van der Waals surface area contributed by atoms with E-state index >= 15 is 0 Å². The average Bonchev–Trinajstić information content (AvgIpc) is 2.74. The standard InChI is InChI=1S/C14H14N6O2/c15-19-12-8-17-13(10-5-1-2-7-16-10)9-4-3-6-11(20(21)22)14(9)18-12/h1-7,12,18-19H,8,15H2. The maximum absolute atomic E-state index is 11.3. The van der Waals surface area contributed by atoms with E-state index in [-0.39, 0.29) is 5.69 Å². The number of nitro groups is 1. The van der Waals surface area contributed by atoms with Crippen LogP contribution in [0.1, 0.15) is 11.3 Å². The van der Waals surface area contributed by atoms with E-state index < -0.39 is 11.1 Å². The lowest BCUT2D eigenvalue weighted by Crippen LogP contribution is -2.43. The molecular weight excluding hydrogens is 284 g/mol. The molecule has 2 aromatic rings. The minimum absolute atomic E-state index is 0.0247. The number of nitrogens with one attached hydrogen (secondary N) is 2. The van der Waals surface area contributed by atoms with Crippen LogP contribution in [0, 0.1) is 10.1 Å². The number of aromatic nitrogens is 1. The van der Waals surface area contributed by atoms with Gasteiger partial charge < -0.3 is 5.32 Å². The molecule has 1 aliphatic rings. The van der Waals surface area contributed by atoms with Crippen LogP contribution in [-0.4, -0.2) is 28.3 Å². The molecule has 112 valence electrons. The summed E-state index contributed by atoms with van der Waals surface area (Å²) in [6.07, 6.45) is 1.26. The number of benzene rings is 1. The number of benzodiazepines with no additional fused rings is 1. The van der Waals surface area contributed by atoms with Crippen molar-refractivity contribution < 1.29 is 4.92 Å². The third-order valence-electron chi connectivity index (χ3n) is 3.35. The number of hydrogen-bond donors (Lipinski definition) is 3. The van der Waals surface area contributed by atoms with Crippen molar-refractivity contribution in [1.82, 2.24) is 10.4 Å². The fourth-order valence-electron chi connectivity index (χ4n) is 2.35. The number of rotatable bonds is 3. The highest BCUT2D eigenvalue weighted by atomic mass is 16.6. The summed E-state index contributed by atoms with van der Waals surface area (Å²) in [4.78, 5) is 19.7. The smallest absolute Gasteiger partial charge is 0.293 e. The monoisotopic (exact) mass is 298 g/mol. The molecule has 0 amide bonds. The highest BCUT2D eigenvalue weighted by Crippen LogP contribution is 2.31. The van der Waals surface area contributed by atoms with Crippen molar-refractivity contribution in [1.29, 1.82) is 0 Å². The second-order valence-electron chi connectivity index (χ2n) is 4.72. The number of anilines is 1. The quantitative estimate of drug-likeness (QED) is 0.442. The normalized spacial score (nSPS) is 17.0. The molecule has 0 spiro atoms. The molecule has 8 nitrogen and oxygen atoms in total. The number of hydrazine groups is 1. The predicted molar refractivity (Wildman–Crippen MR) is 82.6 cm³/mol. The number of fused-ring (bicyclic) bond motifs is 1. The fourth-order valence-corrected chi connectivity index (χ4v) is 2.35. The summed E-state index contributed by atoms with van der Waals surface area (Å²) in [7, 11) is 0. The number of aliphatic imine (C=N–C) groups is 1. The summed E-state index contributed by atoms with van der Waals surface area (Å²) in [6, 6.07) is 10.3. The molecule has 1 atom stereocenters. The minimum atomic E-state index is -0.430. The topological polar surface area (TPSA) is 118 Å². The zero-order valence-corrected chi connectivity index (χ0v) is 11.6. The molecule has 1 aromatic carbocycles. The van der Waals surface area contributed by atoms with Gasteiger partial charge in [0.25, 0.3) is 5.69 Å². The van der Waals surface area contributed by atoms with Crippen molar-refractivity contribution in [2.45, 2.75) is 6.17 Å². The second kappa shape index (κ2) is 5.88. The molecule has 0 saturated carbocycles. The first kappa shape index (κ1) is 14.1. The van der Waals surface area contributed by atoms with Crippen LogP contribution < -0.4 is 16.6 Å². The van der Waals surface area contributed by atoms with E-state index in [9.17, 15) is 10.1 Å². The summed E-state index contributed by atoms with van der Waals surface area (Å²) < 4.78 is 0. The highest BCUT2D eigenvalue weighted by Gasteiger charge is 2.26. The molecule has 22 heavy (non-hydrogen) atoms. The van der Waals surface area contributed by atoms with Gasteiger partial charge in [0.05, 0.1) is 22.9 Å². The molecule has 1 aliphatic heterocycles. The Labute approximate surface area is 126 Å². The number of pyridine rings is 1. The lowest BCUT2D eigenvalue weighted by Gasteiger charge is -2.15. The highest BCUT2D eigenvalue weighted by molar-refractivity contribution is 6.16. The number of nitro benzene ring substituents is 1. The second-order valence-corrected chi connectivity index (χ2v) is 4.72. The van der Waals surface area contributed by atoms with Crippen LogP contribution in [-0.2, 0) is 0 Å². The van der Waals surface area contributed by atoms with Crippen molar-refractivity contribution in [3.63, 3.8) is 0 Å². The molecule has 0 bridgehead atoms. The van der Waals surface area contributed by atoms with Crippen molar-refractivity contribution in [2.24, 2.45) is 10.8 Å². The van der Waals surface area contributed by atoms with Crippen LogP contribution in [0.15, 0.2) is 47.6 Å². The molecule has 4 N–H and O–H groups in total. The van der Waals surface area contributed by atoms with Crippen LogP contribution in [0.5, 0.6) is 0 Å². The summed E-state index contributed by atoms with van der Waals surface area (Å²) in [5.41, 5.74) is 4.81. The Morgan fingerprint density at radius 2 is 2.18 bits per heavy atom. The molecule has 2 heterocycles. The maximum atomic E-state index is 11.3. The lowest BCUT2D eigenvalue weighted by molar-refractivity contribution is -0.384. The Morgan fingerprint density at radius 3 is 2.86 bits per heavy atom. The molecule has 3 rings (SSSR count). The zero-order chi connectivity index (χ0) is 15.5. The first-order chi connectivity index (χ1) is 10.7. The van der Waals surface area contributed by atoms with Crippen LogP contribution in [0.25, 0.3) is 0 Å². The van der Waals surface area contributed by atoms with Crippen molar-refractivity contribution in [3.05, 3.63) is 64.0 Å². The molecule has 0 aliphatic carbocycles. The summed E-state index contributed by atoms with van der Waals surface area (Å²) in [5, 5.41) is 14.3. The van der Waals surface area contributed by atoms with Crippen molar-refractivity contribution >= 4 is 17.1 Å². The summed E-state index contributed by atoms with van der Waals surface area (Å²) in [6.45, 7) is 0.328. The van der Waals surface area contributed by atoms with Gasteiger partial charge >= 0.3 is 0 Å². The van der Waals surface area contributed by atoms with Crippen molar-refractivity contribution in [3.8, 4) is 0 Å². The van der Waals surface area contributed by atoms with E-state index in [1.807, 2.05) is 12.1 Å². The van der Waals surface area contributed by atoms with E-state index in [0.29, 0.717) is 29.2 Å². The van der Waals surface area contributed by atoms with Gasteiger partial charge in [-0.25, -0.2) is 5.43 Å². The van der Waals surface area contributed by atoms with E-state index in [0.717, 1.165) is 0 Å². The number of nitrogens with zero attached hydrogens (tertiary/aromatic N) is 3. The van der Waals surface area contributed by atoms with Gasteiger partial charge in [-0.05, 0) is 12.1 Å². The van der Waals surface area contributed by atoms with Gasteiger partial charge in [-0.1, -0.05) is 18.2 Å².